The van der Waals surface area contributed by atoms with Gasteiger partial charge in [0.15, 0.2) is 0 Å². The zero-order chi connectivity index (χ0) is 13.9. The summed E-state index contributed by atoms with van der Waals surface area (Å²) in [5.74, 6) is -0.899. The molecule has 2 heterocycles. The number of benzene rings is 1. The molecule has 0 aliphatic heterocycles. The zero-order valence-corrected chi connectivity index (χ0v) is 11.2. The van der Waals surface area contributed by atoms with Gasteiger partial charge in [-0.1, -0.05) is 12.1 Å². The van der Waals surface area contributed by atoms with Crippen LogP contribution in [0.1, 0.15) is 15.4 Å². The molecule has 0 radical (unpaired) electrons. The molecule has 100 valence electrons. The molecule has 0 bridgehead atoms. The Kier molecular flexibility index (Phi) is 3.39. The van der Waals surface area contributed by atoms with Crippen LogP contribution in [0.2, 0.25) is 0 Å². The summed E-state index contributed by atoms with van der Waals surface area (Å²) in [6, 6.07) is 10.4. The summed E-state index contributed by atoms with van der Waals surface area (Å²) >= 11 is 1.54. The van der Waals surface area contributed by atoms with Crippen molar-refractivity contribution in [3.63, 3.8) is 0 Å². The van der Waals surface area contributed by atoms with Crippen molar-refractivity contribution >= 4 is 27.5 Å². The number of pyridine rings is 1. The van der Waals surface area contributed by atoms with Gasteiger partial charge < -0.3 is 5.32 Å². The molecule has 0 atom stereocenters. The van der Waals surface area contributed by atoms with Crippen LogP contribution in [0, 0.1) is 5.95 Å². The molecule has 20 heavy (non-hydrogen) atoms. The van der Waals surface area contributed by atoms with Gasteiger partial charge in [0, 0.05) is 6.20 Å². The Balaban J connectivity index is 1.69. The van der Waals surface area contributed by atoms with Gasteiger partial charge in [-0.3, -0.25) is 4.79 Å². The Morgan fingerprint density at radius 1 is 1.25 bits per heavy atom. The summed E-state index contributed by atoms with van der Waals surface area (Å²) in [5.41, 5.74) is 1.25. The Morgan fingerprint density at radius 2 is 2.10 bits per heavy atom. The first kappa shape index (κ1) is 12.7. The van der Waals surface area contributed by atoms with E-state index in [1.54, 1.807) is 0 Å². The Hall–Kier alpha value is -2.34. The predicted octanol–water partition coefficient (Wildman–Crippen LogP) is 2.76. The maximum atomic E-state index is 12.7. The van der Waals surface area contributed by atoms with E-state index in [0.717, 1.165) is 21.3 Å². The minimum atomic E-state index is -0.604. The Morgan fingerprint density at radius 3 is 2.85 bits per heavy atom. The molecule has 1 N–H and O–H groups in total. The van der Waals surface area contributed by atoms with Gasteiger partial charge in [0.2, 0.25) is 5.95 Å². The number of hydrogen-bond donors (Lipinski definition) is 1. The average Bonchev–Trinajstić information content (AvgIpc) is 2.88. The lowest BCUT2D eigenvalue weighted by Crippen LogP contribution is -2.22. The fourth-order valence-corrected chi connectivity index (χ4v) is 2.67. The number of carbonyl (C=O) groups is 1. The molecule has 0 saturated carbocycles. The third kappa shape index (κ3) is 2.65. The third-order valence-electron chi connectivity index (χ3n) is 2.73. The van der Waals surface area contributed by atoms with Crippen molar-refractivity contribution in [1.82, 2.24) is 15.3 Å². The average molecular weight is 287 g/mol. The fraction of sp³-hybridized carbons (Fsp3) is 0.0714. The van der Waals surface area contributed by atoms with E-state index >= 15 is 0 Å². The molecule has 0 fully saturated rings. The summed E-state index contributed by atoms with van der Waals surface area (Å²) in [5, 5.41) is 3.57. The molecular weight excluding hydrogens is 277 g/mol. The molecule has 0 saturated heterocycles. The van der Waals surface area contributed by atoms with Crippen molar-refractivity contribution in [1.29, 1.82) is 0 Å². The highest BCUT2D eigenvalue weighted by Crippen LogP contribution is 2.21. The van der Waals surface area contributed by atoms with Gasteiger partial charge >= 0.3 is 0 Å². The highest BCUT2D eigenvalue weighted by molar-refractivity contribution is 7.18. The SMILES string of the molecule is O=C(NCc1nc2ccccc2s1)c1ccc(F)nc1. The number of amides is 1. The predicted molar refractivity (Wildman–Crippen MR) is 75.0 cm³/mol. The third-order valence-corrected chi connectivity index (χ3v) is 3.76. The minimum Gasteiger partial charge on any atom is -0.345 e. The molecular formula is C14H10FN3OS. The van der Waals surface area contributed by atoms with Crippen LogP contribution in [-0.2, 0) is 6.54 Å². The number of aromatic nitrogens is 2. The summed E-state index contributed by atoms with van der Waals surface area (Å²) in [7, 11) is 0. The van der Waals surface area contributed by atoms with Crippen molar-refractivity contribution in [2.24, 2.45) is 0 Å². The molecule has 1 aromatic carbocycles. The number of para-hydroxylation sites is 1. The molecule has 0 spiro atoms. The fourth-order valence-electron chi connectivity index (χ4n) is 1.76. The maximum absolute atomic E-state index is 12.7. The van der Waals surface area contributed by atoms with E-state index in [-0.39, 0.29) is 5.91 Å². The highest BCUT2D eigenvalue weighted by Gasteiger charge is 2.08. The topological polar surface area (TPSA) is 54.9 Å². The molecule has 4 nitrogen and oxygen atoms in total. The summed E-state index contributed by atoms with van der Waals surface area (Å²) in [6.07, 6.45) is 1.21. The van der Waals surface area contributed by atoms with E-state index in [2.05, 4.69) is 15.3 Å². The number of rotatable bonds is 3. The largest absolute Gasteiger partial charge is 0.345 e. The van der Waals surface area contributed by atoms with Crippen LogP contribution in [-0.4, -0.2) is 15.9 Å². The number of halogens is 1. The van der Waals surface area contributed by atoms with E-state index in [9.17, 15) is 9.18 Å². The van der Waals surface area contributed by atoms with Crippen molar-refractivity contribution in [3.05, 3.63) is 59.1 Å². The Labute approximate surface area is 118 Å². The first-order chi connectivity index (χ1) is 9.72. The van der Waals surface area contributed by atoms with E-state index in [4.69, 9.17) is 0 Å². The van der Waals surface area contributed by atoms with Crippen LogP contribution in [0.15, 0.2) is 42.6 Å². The van der Waals surface area contributed by atoms with Crippen LogP contribution in [0.25, 0.3) is 10.2 Å². The smallest absolute Gasteiger partial charge is 0.253 e. The standard InChI is InChI=1S/C14H10FN3OS/c15-12-6-5-9(7-16-12)14(19)17-8-13-18-10-3-1-2-4-11(10)20-13/h1-7H,8H2,(H,17,19). The lowest BCUT2D eigenvalue weighted by atomic mass is 10.3. The van der Waals surface area contributed by atoms with Crippen LogP contribution in [0.4, 0.5) is 4.39 Å². The van der Waals surface area contributed by atoms with Gasteiger partial charge in [0.25, 0.3) is 5.91 Å². The van der Waals surface area contributed by atoms with Gasteiger partial charge in [-0.25, -0.2) is 9.97 Å². The van der Waals surface area contributed by atoms with Crippen LogP contribution >= 0.6 is 11.3 Å². The molecule has 0 unspecified atom stereocenters. The van der Waals surface area contributed by atoms with Gasteiger partial charge in [-0.15, -0.1) is 11.3 Å². The van der Waals surface area contributed by atoms with E-state index in [1.807, 2.05) is 24.3 Å². The van der Waals surface area contributed by atoms with Gasteiger partial charge in [-0.2, -0.15) is 4.39 Å². The quantitative estimate of drug-likeness (QED) is 0.754. The normalized spacial score (nSPS) is 10.7. The van der Waals surface area contributed by atoms with E-state index in [0.29, 0.717) is 12.1 Å². The number of hydrogen-bond acceptors (Lipinski definition) is 4. The Bertz CT molecular complexity index is 721. The van der Waals surface area contributed by atoms with Gasteiger partial charge in [0.1, 0.15) is 5.01 Å². The molecule has 0 aliphatic rings. The number of nitrogens with one attached hydrogen (secondary N) is 1. The minimum absolute atomic E-state index is 0.295. The maximum Gasteiger partial charge on any atom is 0.253 e. The second kappa shape index (κ2) is 5.34. The van der Waals surface area contributed by atoms with Crippen molar-refractivity contribution < 1.29 is 9.18 Å². The molecule has 1 amide bonds. The zero-order valence-electron chi connectivity index (χ0n) is 10.3. The van der Waals surface area contributed by atoms with E-state index < -0.39 is 5.95 Å². The summed E-state index contributed by atoms with van der Waals surface area (Å²) in [4.78, 5) is 19.7. The second-order valence-electron chi connectivity index (χ2n) is 4.13. The van der Waals surface area contributed by atoms with Gasteiger partial charge in [-0.05, 0) is 24.3 Å². The van der Waals surface area contributed by atoms with E-state index in [1.165, 1.54) is 23.6 Å². The van der Waals surface area contributed by atoms with Crippen molar-refractivity contribution in [3.8, 4) is 0 Å². The first-order valence-electron chi connectivity index (χ1n) is 5.96. The molecule has 2 aromatic heterocycles. The lowest BCUT2D eigenvalue weighted by Gasteiger charge is -2.02. The number of carbonyl (C=O) groups excluding carboxylic acids is 1. The number of fused-ring (bicyclic) bond motifs is 1. The molecule has 6 heteroatoms. The van der Waals surface area contributed by atoms with Crippen LogP contribution in [0.3, 0.4) is 0 Å². The van der Waals surface area contributed by atoms with Crippen LogP contribution in [0.5, 0.6) is 0 Å². The summed E-state index contributed by atoms with van der Waals surface area (Å²) < 4.78 is 13.8. The first-order valence-corrected chi connectivity index (χ1v) is 6.78. The number of nitrogens with zero attached hydrogens (tertiary/aromatic N) is 2. The molecule has 3 rings (SSSR count). The van der Waals surface area contributed by atoms with Crippen molar-refractivity contribution in [2.45, 2.75) is 6.54 Å². The second-order valence-corrected chi connectivity index (χ2v) is 5.24. The molecule has 3 aromatic rings. The van der Waals surface area contributed by atoms with Gasteiger partial charge in [0.05, 0.1) is 22.3 Å². The number of thiazole rings is 1. The molecule has 0 aliphatic carbocycles. The van der Waals surface area contributed by atoms with Crippen molar-refractivity contribution in [2.75, 3.05) is 0 Å². The monoisotopic (exact) mass is 287 g/mol. The van der Waals surface area contributed by atoms with Crippen LogP contribution < -0.4 is 5.32 Å². The highest BCUT2D eigenvalue weighted by atomic mass is 32.1. The lowest BCUT2D eigenvalue weighted by molar-refractivity contribution is 0.0950. The summed E-state index contributed by atoms with van der Waals surface area (Å²) in [6.45, 7) is 0.343.